The third-order valence-electron chi connectivity index (χ3n) is 4.52. The molecule has 3 heteroatoms. The maximum atomic E-state index is 6.33. The molecule has 0 heterocycles. The molecule has 2 rings (SSSR count). The van der Waals surface area contributed by atoms with Crippen molar-refractivity contribution >= 4 is 11.4 Å². The van der Waals surface area contributed by atoms with Crippen molar-refractivity contribution in [2.45, 2.75) is 53.4 Å². The normalized spacial score (nSPS) is 10.8. The average Bonchev–Trinajstić information content (AvgIpc) is 2.57. The maximum absolute atomic E-state index is 6.33. The lowest BCUT2D eigenvalue weighted by Crippen LogP contribution is -2.04. The van der Waals surface area contributed by atoms with Crippen LogP contribution in [-0.4, -0.2) is 0 Å². The zero-order valence-corrected chi connectivity index (χ0v) is 14.7. The highest BCUT2D eigenvalue weighted by atomic mass is 16.5. The quantitative estimate of drug-likeness (QED) is 0.746. The minimum Gasteiger partial charge on any atom is -0.453 e. The lowest BCUT2D eigenvalue weighted by atomic mass is 9.99. The molecule has 2 aromatic carbocycles. The molecule has 0 aliphatic heterocycles. The van der Waals surface area contributed by atoms with Gasteiger partial charge in [-0.15, -0.1) is 0 Å². The topological polar surface area (TPSA) is 61.3 Å². The Bertz CT molecular complexity index is 633. The first-order valence-corrected chi connectivity index (χ1v) is 8.55. The van der Waals surface area contributed by atoms with Gasteiger partial charge in [0.25, 0.3) is 0 Å². The van der Waals surface area contributed by atoms with Crippen molar-refractivity contribution in [1.29, 1.82) is 0 Å². The molecule has 0 atom stereocenters. The molecule has 0 aliphatic rings. The molecule has 2 aromatic rings. The molecule has 0 unspecified atom stereocenters. The minimum atomic E-state index is 0.692. The molecule has 0 fully saturated rings. The van der Waals surface area contributed by atoms with Crippen molar-refractivity contribution in [3.05, 3.63) is 46.5 Å². The fourth-order valence-corrected chi connectivity index (χ4v) is 3.17. The van der Waals surface area contributed by atoms with Crippen LogP contribution in [0, 0.1) is 0 Å². The summed E-state index contributed by atoms with van der Waals surface area (Å²) in [6, 6.07) is 8.10. The van der Waals surface area contributed by atoms with E-state index in [1.54, 1.807) is 0 Å². The average molecular weight is 312 g/mol. The molecule has 0 radical (unpaired) electrons. The summed E-state index contributed by atoms with van der Waals surface area (Å²) in [5.74, 6) is 1.38. The highest BCUT2D eigenvalue weighted by Crippen LogP contribution is 2.37. The third kappa shape index (κ3) is 3.29. The van der Waals surface area contributed by atoms with E-state index in [-0.39, 0.29) is 0 Å². The van der Waals surface area contributed by atoms with Crippen molar-refractivity contribution in [2.75, 3.05) is 11.5 Å². The summed E-state index contributed by atoms with van der Waals surface area (Å²) in [5.41, 5.74) is 19.0. The second-order valence-electron chi connectivity index (χ2n) is 5.75. The summed E-state index contributed by atoms with van der Waals surface area (Å²) in [4.78, 5) is 0. The zero-order chi connectivity index (χ0) is 17.0. The van der Waals surface area contributed by atoms with Crippen molar-refractivity contribution in [2.24, 2.45) is 0 Å². The Balaban J connectivity index is 2.44. The van der Waals surface area contributed by atoms with Crippen LogP contribution in [0.5, 0.6) is 11.5 Å². The third-order valence-corrected chi connectivity index (χ3v) is 4.52. The van der Waals surface area contributed by atoms with E-state index in [0.717, 1.165) is 37.1 Å². The first-order chi connectivity index (χ1) is 11.1. The van der Waals surface area contributed by atoms with Crippen LogP contribution in [0.15, 0.2) is 24.3 Å². The zero-order valence-electron chi connectivity index (χ0n) is 14.7. The van der Waals surface area contributed by atoms with Gasteiger partial charge in [-0.1, -0.05) is 39.8 Å². The molecule has 0 amide bonds. The second kappa shape index (κ2) is 7.40. The van der Waals surface area contributed by atoms with Gasteiger partial charge in [0.1, 0.15) is 0 Å². The summed E-state index contributed by atoms with van der Waals surface area (Å²) in [6.45, 7) is 8.52. The Morgan fingerprint density at radius 1 is 0.652 bits per heavy atom. The van der Waals surface area contributed by atoms with Gasteiger partial charge in [-0.25, -0.2) is 0 Å². The summed E-state index contributed by atoms with van der Waals surface area (Å²) < 4.78 is 6.07. The molecule has 0 spiro atoms. The molecule has 0 aliphatic carbocycles. The molecule has 0 saturated carbocycles. The summed E-state index contributed by atoms with van der Waals surface area (Å²) in [7, 11) is 0. The van der Waals surface area contributed by atoms with E-state index in [0.29, 0.717) is 11.5 Å². The lowest BCUT2D eigenvalue weighted by molar-refractivity contribution is 0.486. The van der Waals surface area contributed by atoms with Gasteiger partial charge in [-0.05, 0) is 60.1 Å². The van der Waals surface area contributed by atoms with Crippen molar-refractivity contribution < 1.29 is 4.74 Å². The number of nitrogen functional groups attached to an aromatic ring is 2. The molecule has 23 heavy (non-hydrogen) atoms. The number of nitrogens with two attached hydrogens (primary N) is 2. The van der Waals surface area contributed by atoms with E-state index >= 15 is 0 Å². The van der Waals surface area contributed by atoms with Gasteiger partial charge in [0, 0.05) is 0 Å². The highest BCUT2D eigenvalue weighted by Gasteiger charge is 2.14. The van der Waals surface area contributed by atoms with E-state index < -0.39 is 0 Å². The molecule has 4 N–H and O–H groups in total. The van der Waals surface area contributed by atoms with Crippen LogP contribution in [-0.2, 0) is 25.7 Å². The molecule has 124 valence electrons. The number of hydrogen-bond donors (Lipinski definition) is 2. The summed E-state index contributed by atoms with van der Waals surface area (Å²) in [6.07, 6.45) is 3.75. The van der Waals surface area contributed by atoms with Crippen LogP contribution >= 0.6 is 0 Å². The van der Waals surface area contributed by atoms with Crippen LogP contribution in [0.3, 0.4) is 0 Å². The van der Waals surface area contributed by atoms with Crippen LogP contribution < -0.4 is 16.2 Å². The predicted molar refractivity (Wildman–Crippen MR) is 99.3 cm³/mol. The Morgan fingerprint density at radius 2 is 1.04 bits per heavy atom. The summed E-state index contributed by atoms with van der Waals surface area (Å²) >= 11 is 0. The van der Waals surface area contributed by atoms with Crippen LogP contribution in [0.1, 0.15) is 49.9 Å². The Morgan fingerprint density at radius 3 is 1.35 bits per heavy atom. The second-order valence-corrected chi connectivity index (χ2v) is 5.75. The van der Waals surface area contributed by atoms with Crippen LogP contribution in [0.2, 0.25) is 0 Å². The predicted octanol–water partition coefficient (Wildman–Crippen LogP) is 4.89. The monoisotopic (exact) mass is 312 g/mol. The first kappa shape index (κ1) is 17.2. The fraction of sp³-hybridized carbons (Fsp3) is 0.400. The highest BCUT2D eigenvalue weighted by molar-refractivity contribution is 5.66. The largest absolute Gasteiger partial charge is 0.453 e. The van der Waals surface area contributed by atoms with Gasteiger partial charge in [-0.3, -0.25) is 0 Å². The smallest absolute Gasteiger partial charge is 0.150 e. The Labute approximate surface area is 139 Å². The van der Waals surface area contributed by atoms with Gasteiger partial charge >= 0.3 is 0 Å². The molecule has 0 bridgehead atoms. The van der Waals surface area contributed by atoms with E-state index in [2.05, 4.69) is 39.8 Å². The van der Waals surface area contributed by atoms with E-state index in [1.807, 2.05) is 12.1 Å². The Kier molecular flexibility index (Phi) is 5.54. The molecule has 0 saturated heterocycles. The lowest BCUT2D eigenvalue weighted by Gasteiger charge is -2.18. The van der Waals surface area contributed by atoms with Gasteiger partial charge in [0.2, 0.25) is 0 Å². The number of ether oxygens (including phenoxy) is 1. The van der Waals surface area contributed by atoms with Gasteiger partial charge in [0.15, 0.2) is 11.5 Å². The number of hydrogen-bond acceptors (Lipinski definition) is 3. The summed E-state index contributed by atoms with van der Waals surface area (Å²) in [5, 5.41) is 0. The van der Waals surface area contributed by atoms with E-state index in [9.17, 15) is 0 Å². The SMILES string of the molecule is CCc1ccc(Oc2ccc(CC)c(CC)c2N)c(N)c1CC. The molecule has 3 nitrogen and oxygen atoms in total. The fourth-order valence-electron chi connectivity index (χ4n) is 3.17. The van der Waals surface area contributed by atoms with E-state index in [4.69, 9.17) is 16.2 Å². The number of rotatable bonds is 6. The van der Waals surface area contributed by atoms with Crippen LogP contribution in [0.4, 0.5) is 11.4 Å². The minimum absolute atomic E-state index is 0.692. The van der Waals surface area contributed by atoms with Crippen molar-refractivity contribution in [3.8, 4) is 11.5 Å². The van der Waals surface area contributed by atoms with Gasteiger partial charge < -0.3 is 16.2 Å². The molecular weight excluding hydrogens is 284 g/mol. The maximum Gasteiger partial charge on any atom is 0.150 e. The number of benzene rings is 2. The molecular formula is C20H28N2O. The van der Waals surface area contributed by atoms with Gasteiger partial charge in [0.05, 0.1) is 11.4 Å². The van der Waals surface area contributed by atoms with Crippen LogP contribution in [0.25, 0.3) is 0 Å². The van der Waals surface area contributed by atoms with Crippen molar-refractivity contribution in [3.63, 3.8) is 0 Å². The Hall–Kier alpha value is -2.16. The van der Waals surface area contributed by atoms with Gasteiger partial charge in [-0.2, -0.15) is 0 Å². The number of aryl methyl sites for hydroxylation is 2. The van der Waals surface area contributed by atoms with Crippen molar-refractivity contribution in [1.82, 2.24) is 0 Å². The number of anilines is 2. The standard InChI is InChI=1S/C20H28N2O/c1-5-13-9-11-17(19(21)15(13)7-3)23-18-12-10-14(6-2)16(8-4)20(18)22/h9-12H,5-8,21-22H2,1-4H3. The molecule has 0 aromatic heterocycles. The first-order valence-electron chi connectivity index (χ1n) is 8.55. The van der Waals surface area contributed by atoms with E-state index in [1.165, 1.54) is 22.3 Å².